The SMILES string of the molecule is Cc1ccc(-c2nn[nH]n2)cc1-c1ccc(C2CC23CCN(C(=O)C2CCCO2)CC3)cc1. The van der Waals surface area contributed by atoms with Gasteiger partial charge >= 0.3 is 0 Å². The molecular formula is C26H29N5O2. The molecule has 1 aromatic heterocycles. The van der Waals surface area contributed by atoms with Gasteiger partial charge in [0, 0.05) is 25.3 Å². The second kappa shape index (κ2) is 8.06. The van der Waals surface area contributed by atoms with E-state index in [1.165, 1.54) is 28.7 Å². The monoisotopic (exact) mass is 443 g/mol. The zero-order valence-electron chi connectivity index (χ0n) is 19.0. The number of piperidine rings is 1. The van der Waals surface area contributed by atoms with Gasteiger partial charge in [-0.05, 0) is 83.9 Å². The highest BCUT2D eigenvalue weighted by Crippen LogP contribution is 2.65. The molecule has 6 rings (SSSR count). The number of rotatable bonds is 4. The van der Waals surface area contributed by atoms with Crippen molar-refractivity contribution in [3.63, 3.8) is 0 Å². The van der Waals surface area contributed by atoms with Gasteiger partial charge in [0.15, 0.2) is 0 Å². The lowest BCUT2D eigenvalue weighted by atomic mass is 9.88. The second-order valence-corrected chi connectivity index (χ2v) is 9.83. The van der Waals surface area contributed by atoms with Gasteiger partial charge in [0.1, 0.15) is 6.10 Å². The number of hydrogen-bond donors (Lipinski definition) is 1. The smallest absolute Gasteiger partial charge is 0.251 e. The molecule has 3 heterocycles. The van der Waals surface area contributed by atoms with Crippen LogP contribution in [-0.4, -0.2) is 57.2 Å². The molecular weight excluding hydrogens is 414 g/mol. The molecule has 33 heavy (non-hydrogen) atoms. The van der Waals surface area contributed by atoms with Crippen molar-refractivity contribution >= 4 is 5.91 Å². The summed E-state index contributed by atoms with van der Waals surface area (Å²) in [6.07, 6.45) is 5.14. The molecule has 1 amide bonds. The van der Waals surface area contributed by atoms with Crippen LogP contribution in [0.4, 0.5) is 0 Å². The van der Waals surface area contributed by atoms with Crippen molar-refractivity contribution in [3.05, 3.63) is 53.6 Å². The number of aryl methyl sites for hydroxylation is 1. The van der Waals surface area contributed by atoms with Crippen LogP contribution in [0.25, 0.3) is 22.5 Å². The molecule has 3 aliphatic rings. The van der Waals surface area contributed by atoms with Gasteiger partial charge in [-0.25, -0.2) is 0 Å². The van der Waals surface area contributed by atoms with E-state index >= 15 is 0 Å². The summed E-state index contributed by atoms with van der Waals surface area (Å²) < 4.78 is 5.61. The zero-order chi connectivity index (χ0) is 22.4. The lowest BCUT2D eigenvalue weighted by Gasteiger charge is -2.34. The number of nitrogens with one attached hydrogen (secondary N) is 1. The number of carbonyl (C=O) groups is 1. The maximum Gasteiger partial charge on any atom is 0.251 e. The van der Waals surface area contributed by atoms with E-state index in [0.29, 0.717) is 17.2 Å². The number of benzene rings is 2. The minimum absolute atomic E-state index is 0.191. The maximum absolute atomic E-state index is 12.7. The number of ether oxygens (including phenoxy) is 1. The topological polar surface area (TPSA) is 84.0 Å². The van der Waals surface area contributed by atoms with Crippen LogP contribution in [0, 0.1) is 12.3 Å². The minimum Gasteiger partial charge on any atom is -0.368 e. The lowest BCUT2D eigenvalue weighted by molar-refractivity contribution is -0.142. The van der Waals surface area contributed by atoms with E-state index in [1.54, 1.807) is 0 Å². The normalized spacial score (nSPS) is 23.7. The first kappa shape index (κ1) is 20.5. The molecule has 0 radical (unpaired) electrons. The average Bonchev–Trinajstić information content (AvgIpc) is 3.28. The summed E-state index contributed by atoms with van der Waals surface area (Å²) in [5.41, 5.74) is 6.37. The van der Waals surface area contributed by atoms with Gasteiger partial charge in [0.25, 0.3) is 5.91 Å². The summed E-state index contributed by atoms with van der Waals surface area (Å²) in [6.45, 7) is 4.60. The largest absolute Gasteiger partial charge is 0.368 e. The Balaban J connectivity index is 1.13. The predicted molar refractivity (Wildman–Crippen MR) is 124 cm³/mol. The van der Waals surface area contributed by atoms with Crippen LogP contribution < -0.4 is 0 Å². The summed E-state index contributed by atoms with van der Waals surface area (Å²) in [4.78, 5) is 14.7. The van der Waals surface area contributed by atoms with E-state index in [-0.39, 0.29) is 12.0 Å². The molecule has 1 N–H and O–H groups in total. The fourth-order valence-corrected chi connectivity index (χ4v) is 5.77. The van der Waals surface area contributed by atoms with Crippen LogP contribution in [0.3, 0.4) is 0 Å². The zero-order valence-corrected chi connectivity index (χ0v) is 19.0. The van der Waals surface area contributed by atoms with Gasteiger partial charge in [-0.1, -0.05) is 36.4 Å². The summed E-state index contributed by atoms with van der Waals surface area (Å²) >= 11 is 0. The summed E-state index contributed by atoms with van der Waals surface area (Å²) in [7, 11) is 0. The Hall–Kier alpha value is -3.06. The molecule has 1 spiro atoms. The number of carbonyl (C=O) groups excluding carboxylic acids is 1. The second-order valence-electron chi connectivity index (χ2n) is 9.83. The highest BCUT2D eigenvalue weighted by molar-refractivity contribution is 5.81. The number of hydrogen-bond acceptors (Lipinski definition) is 5. The van der Waals surface area contributed by atoms with Crippen molar-refractivity contribution in [2.24, 2.45) is 5.41 Å². The molecule has 2 atom stereocenters. The fraction of sp³-hybridized carbons (Fsp3) is 0.462. The highest BCUT2D eigenvalue weighted by atomic mass is 16.5. The van der Waals surface area contributed by atoms with Gasteiger partial charge in [0.2, 0.25) is 5.82 Å². The molecule has 3 fully saturated rings. The van der Waals surface area contributed by atoms with Crippen LogP contribution in [0.15, 0.2) is 42.5 Å². The van der Waals surface area contributed by atoms with Crippen molar-refractivity contribution in [2.45, 2.75) is 51.0 Å². The minimum atomic E-state index is -0.191. The van der Waals surface area contributed by atoms with Gasteiger partial charge in [-0.3, -0.25) is 4.79 Å². The number of aromatic nitrogens is 4. The molecule has 2 aromatic carbocycles. The Morgan fingerprint density at radius 2 is 1.91 bits per heavy atom. The van der Waals surface area contributed by atoms with E-state index in [2.05, 4.69) is 63.9 Å². The van der Waals surface area contributed by atoms with Crippen LogP contribution in [0.2, 0.25) is 0 Å². The molecule has 7 heteroatoms. The highest BCUT2D eigenvalue weighted by Gasteiger charge is 2.55. The molecule has 1 aliphatic carbocycles. The fourth-order valence-electron chi connectivity index (χ4n) is 5.77. The molecule has 2 aliphatic heterocycles. The third-order valence-corrected chi connectivity index (χ3v) is 7.93. The number of amides is 1. The summed E-state index contributed by atoms with van der Waals surface area (Å²) in [6, 6.07) is 15.3. The van der Waals surface area contributed by atoms with E-state index in [1.807, 2.05) is 11.0 Å². The quantitative estimate of drug-likeness (QED) is 0.656. The van der Waals surface area contributed by atoms with Crippen molar-refractivity contribution in [1.29, 1.82) is 0 Å². The Morgan fingerprint density at radius 1 is 1.12 bits per heavy atom. The summed E-state index contributed by atoms with van der Waals surface area (Å²) in [5.74, 6) is 1.43. The molecule has 170 valence electrons. The first-order chi connectivity index (χ1) is 16.1. The first-order valence-electron chi connectivity index (χ1n) is 12.0. The maximum atomic E-state index is 12.7. The number of likely N-dealkylation sites (tertiary alicyclic amines) is 1. The number of H-pyrrole nitrogens is 1. The van der Waals surface area contributed by atoms with Crippen LogP contribution in [0.1, 0.15) is 49.1 Å². The van der Waals surface area contributed by atoms with Crippen LogP contribution in [-0.2, 0) is 9.53 Å². The predicted octanol–water partition coefficient (Wildman–Crippen LogP) is 4.12. The van der Waals surface area contributed by atoms with E-state index < -0.39 is 0 Å². The van der Waals surface area contributed by atoms with Gasteiger partial charge < -0.3 is 9.64 Å². The number of nitrogens with zero attached hydrogens (tertiary/aromatic N) is 4. The molecule has 2 unspecified atom stereocenters. The molecule has 2 saturated heterocycles. The third kappa shape index (κ3) is 3.74. The number of tetrazole rings is 1. The molecule has 1 saturated carbocycles. The van der Waals surface area contributed by atoms with Crippen molar-refractivity contribution < 1.29 is 9.53 Å². The Morgan fingerprint density at radius 3 is 2.61 bits per heavy atom. The van der Waals surface area contributed by atoms with E-state index in [4.69, 9.17) is 4.74 Å². The summed E-state index contributed by atoms with van der Waals surface area (Å²) in [5, 5.41) is 14.4. The Kier molecular flexibility index (Phi) is 5.02. The van der Waals surface area contributed by atoms with E-state index in [9.17, 15) is 4.79 Å². The lowest BCUT2D eigenvalue weighted by Crippen LogP contribution is -2.44. The molecule has 7 nitrogen and oxygen atoms in total. The average molecular weight is 444 g/mol. The van der Waals surface area contributed by atoms with Gasteiger partial charge in [-0.2, -0.15) is 5.21 Å². The van der Waals surface area contributed by atoms with E-state index in [0.717, 1.165) is 50.9 Å². The van der Waals surface area contributed by atoms with Gasteiger partial charge in [-0.15, -0.1) is 10.2 Å². The van der Waals surface area contributed by atoms with Crippen LogP contribution >= 0.6 is 0 Å². The Bertz CT molecular complexity index is 1140. The van der Waals surface area contributed by atoms with Crippen LogP contribution in [0.5, 0.6) is 0 Å². The third-order valence-electron chi connectivity index (χ3n) is 7.93. The standard InChI is InChI=1S/C26H29N5O2/c1-17-4-5-20(24-27-29-30-28-24)15-21(17)18-6-8-19(9-7-18)22-16-26(22)10-12-31(13-11-26)25(32)23-3-2-14-33-23/h4-9,15,22-23H,2-3,10-14,16H2,1H3,(H,27,28,29,30). The van der Waals surface area contributed by atoms with Gasteiger partial charge in [0.05, 0.1) is 0 Å². The molecule has 0 bridgehead atoms. The van der Waals surface area contributed by atoms with Crippen molar-refractivity contribution in [3.8, 4) is 22.5 Å². The Labute approximate surface area is 193 Å². The van der Waals surface area contributed by atoms with Crippen molar-refractivity contribution in [2.75, 3.05) is 19.7 Å². The molecule has 3 aromatic rings. The van der Waals surface area contributed by atoms with Crippen molar-refractivity contribution in [1.82, 2.24) is 25.5 Å². The number of aromatic amines is 1. The first-order valence-corrected chi connectivity index (χ1v) is 12.0.